The molecule has 2 N–H and O–H groups in total. The standard InChI is InChI=1S/C19H16BrN5O/c20-14-6-7-15-17(18(14)21)16(8-11-26-13-4-2-1-3-5-13)24-19(23-15)25-10-9-22-12-25/h1-7,9-10,12H,8,11,21H2. The Labute approximate surface area is 158 Å². The molecule has 130 valence electrons. The van der Waals surface area contributed by atoms with Crippen molar-refractivity contribution in [1.29, 1.82) is 0 Å². The molecule has 0 aliphatic rings. The van der Waals surface area contributed by atoms with Crippen LogP contribution in [0.15, 0.2) is 65.7 Å². The van der Waals surface area contributed by atoms with Crippen LogP contribution in [0.4, 0.5) is 5.69 Å². The lowest BCUT2D eigenvalue weighted by atomic mass is 10.1. The van der Waals surface area contributed by atoms with E-state index in [0.29, 0.717) is 24.7 Å². The van der Waals surface area contributed by atoms with Crippen LogP contribution >= 0.6 is 15.9 Å². The van der Waals surface area contributed by atoms with Gasteiger partial charge in [0.15, 0.2) is 0 Å². The highest BCUT2D eigenvalue weighted by molar-refractivity contribution is 9.10. The third kappa shape index (κ3) is 3.25. The van der Waals surface area contributed by atoms with E-state index >= 15 is 0 Å². The summed E-state index contributed by atoms with van der Waals surface area (Å²) in [5, 5.41) is 0.847. The lowest BCUT2D eigenvalue weighted by Gasteiger charge is -2.12. The Morgan fingerprint density at radius 3 is 2.69 bits per heavy atom. The van der Waals surface area contributed by atoms with Gasteiger partial charge in [-0.25, -0.2) is 15.0 Å². The number of nitrogens with zero attached hydrogens (tertiary/aromatic N) is 4. The highest BCUT2D eigenvalue weighted by Crippen LogP contribution is 2.30. The number of anilines is 1. The van der Waals surface area contributed by atoms with Crippen molar-refractivity contribution < 1.29 is 4.74 Å². The number of rotatable bonds is 5. The minimum Gasteiger partial charge on any atom is -0.493 e. The quantitative estimate of drug-likeness (QED) is 0.507. The molecule has 0 radical (unpaired) electrons. The van der Waals surface area contributed by atoms with Gasteiger partial charge in [0.1, 0.15) is 12.1 Å². The van der Waals surface area contributed by atoms with Gasteiger partial charge < -0.3 is 10.5 Å². The van der Waals surface area contributed by atoms with E-state index in [0.717, 1.165) is 26.8 Å². The monoisotopic (exact) mass is 409 g/mol. The van der Waals surface area contributed by atoms with Gasteiger partial charge in [-0.15, -0.1) is 0 Å². The third-order valence-corrected chi connectivity index (χ3v) is 4.69. The van der Waals surface area contributed by atoms with E-state index in [-0.39, 0.29) is 0 Å². The molecule has 2 heterocycles. The second kappa shape index (κ2) is 7.13. The molecule has 0 aliphatic heterocycles. The highest BCUT2D eigenvalue weighted by atomic mass is 79.9. The fourth-order valence-electron chi connectivity index (χ4n) is 2.74. The van der Waals surface area contributed by atoms with Crippen molar-refractivity contribution >= 4 is 32.5 Å². The summed E-state index contributed by atoms with van der Waals surface area (Å²) in [6.45, 7) is 0.492. The average Bonchev–Trinajstić information content (AvgIpc) is 3.20. The van der Waals surface area contributed by atoms with E-state index < -0.39 is 0 Å². The lowest BCUT2D eigenvalue weighted by molar-refractivity contribution is 0.321. The zero-order chi connectivity index (χ0) is 17.9. The Hall–Kier alpha value is -2.93. The summed E-state index contributed by atoms with van der Waals surface area (Å²) in [6.07, 6.45) is 5.79. The minimum absolute atomic E-state index is 0.492. The zero-order valence-electron chi connectivity index (χ0n) is 13.8. The molecule has 7 heteroatoms. The molecule has 0 amide bonds. The van der Waals surface area contributed by atoms with Crippen LogP contribution in [0, 0.1) is 0 Å². The summed E-state index contributed by atoms with van der Waals surface area (Å²) in [6, 6.07) is 13.5. The van der Waals surface area contributed by atoms with Crippen molar-refractivity contribution in [1.82, 2.24) is 19.5 Å². The molecule has 2 aromatic heterocycles. The van der Waals surface area contributed by atoms with Crippen molar-refractivity contribution in [2.24, 2.45) is 0 Å². The molecule has 0 saturated carbocycles. The van der Waals surface area contributed by atoms with Crippen LogP contribution in [0.5, 0.6) is 5.75 Å². The molecule has 0 fully saturated rings. The van der Waals surface area contributed by atoms with Crippen molar-refractivity contribution in [3.63, 3.8) is 0 Å². The Morgan fingerprint density at radius 2 is 1.92 bits per heavy atom. The molecule has 4 rings (SSSR count). The largest absolute Gasteiger partial charge is 0.493 e. The SMILES string of the molecule is Nc1c(Br)ccc2nc(-n3ccnc3)nc(CCOc3ccccc3)c12. The topological polar surface area (TPSA) is 78.9 Å². The van der Waals surface area contributed by atoms with Gasteiger partial charge in [-0.05, 0) is 40.2 Å². The van der Waals surface area contributed by atoms with Crippen molar-refractivity contribution in [3.8, 4) is 11.7 Å². The number of halogens is 1. The first-order valence-corrected chi connectivity index (χ1v) is 8.92. The van der Waals surface area contributed by atoms with Crippen LogP contribution in [0.3, 0.4) is 0 Å². The van der Waals surface area contributed by atoms with Crippen molar-refractivity contribution in [2.45, 2.75) is 6.42 Å². The van der Waals surface area contributed by atoms with Gasteiger partial charge in [0.05, 0.1) is 23.5 Å². The predicted octanol–water partition coefficient (Wildman–Crippen LogP) is 3.78. The summed E-state index contributed by atoms with van der Waals surface area (Å²) in [4.78, 5) is 13.4. The molecule has 0 saturated heterocycles. The summed E-state index contributed by atoms with van der Waals surface area (Å²) in [5.74, 6) is 1.39. The molecule has 0 spiro atoms. The molecular formula is C19H16BrN5O. The minimum atomic E-state index is 0.492. The molecule has 0 unspecified atom stereocenters. The average molecular weight is 410 g/mol. The van der Waals surface area contributed by atoms with Gasteiger partial charge in [-0.3, -0.25) is 4.57 Å². The number of ether oxygens (including phenoxy) is 1. The Kier molecular flexibility index (Phi) is 4.53. The highest BCUT2D eigenvalue weighted by Gasteiger charge is 2.14. The summed E-state index contributed by atoms with van der Waals surface area (Å²) >= 11 is 3.49. The van der Waals surface area contributed by atoms with Gasteiger partial charge in [0.25, 0.3) is 0 Å². The van der Waals surface area contributed by atoms with Crippen molar-refractivity contribution in [3.05, 3.63) is 71.4 Å². The van der Waals surface area contributed by atoms with Gasteiger partial charge in [-0.1, -0.05) is 18.2 Å². The van der Waals surface area contributed by atoms with Gasteiger partial charge in [0.2, 0.25) is 5.95 Å². The van der Waals surface area contributed by atoms with Crippen LogP contribution in [0.25, 0.3) is 16.9 Å². The summed E-state index contributed by atoms with van der Waals surface area (Å²) < 4.78 is 8.43. The van der Waals surface area contributed by atoms with E-state index in [9.17, 15) is 0 Å². The Bertz CT molecular complexity index is 1030. The van der Waals surface area contributed by atoms with E-state index in [1.54, 1.807) is 17.1 Å². The van der Waals surface area contributed by atoms with E-state index in [1.165, 1.54) is 0 Å². The molecule has 0 atom stereocenters. The van der Waals surface area contributed by atoms with Crippen LogP contribution < -0.4 is 10.5 Å². The molecule has 2 aromatic carbocycles. The summed E-state index contributed by atoms with van der Waals surface area (Å²) in [7, 11) is 0. The number of hydrogen-bond donors (Lipinski definition) is 1. The molecule has 4 aromatic rings. The second-order valence-corrected chi connectivity index (χ2v) is 6.56. The van der Waals surface area contributed by atoms with Gasteiger partial charge in [0, 0.05) is 28.7 Å². The number of hydrogen-bond acceptors (Lipinski definition) is 5. The normalized spacial score (nSPS) is 11.0. The van der Waals surface area contributed by atoms with E-state index in [2.05, 4.69) is 25.9 Å². The number of fused-ring (bicyclic) bond motifs is 1. The van der Waals surface area contributed by atoms with E-state index in [4.69, 9.17) is 15.5 Å². The Morgan fingerprint density at radius 1 is 1.08 bits per heavy atom. The maximum Gasteiger partial charge on any atom is 0.235 e. The fraction of sp³-hybridized carbons (Fsp3) is 0.105. The van der Waals surface area contributed by atoms with Crippen LogP contribution in [-0.2, 0) is 6.42 Å². The summed E-state index contributed by atoms with van der Waals surface area (Å²) in [5.41, 5.74) is 8.55. The first-order chi connectivity index (χ1) is 12.7. The zero-order valence-corrected chi connectivity index (χ0v) is 15.4. The maximum absolute atomic E-state index is 6.28. The number of para-hydroxylation sites is 1. The molecule has 26 heavy (non-hydrogen) atoms. The van der Waals surface area contributed by atoms with E-state index in [1.807, 2.05) is 48.7 Å². The molecular weight excluding hydrogens is 394 g/mol. The number of nitrogen functional groups attached to an aromatic ring is 1. The third-order valence-electron chi connectivity index (χ3n) is 4.00. The molecule has 6 nitrogen and oxygen atoms in total. The van der Waals surface area contributed by atoms with Crippen LogP contribution in [-0.4, -0.2) is 26.1 Å². The maximum atomic E-state index is 6.28. The molecule has 0 aliphatic carbocycles. The van der Waals surface area contributed by atoms with Crippen LogP contribution in [0.1, 0.15) is 5.69 Å². The smallest absolute Gasteiger partial charge is 0.235 e. The van der Waals surface area contributed by atoms with Gasteiger partial charge >= 0.3 is 0 Å². The number of nitrogens with two attached hydrogens (primary N) is 1. The van der Waals surface area contributed by atoms with Gasteiger partial charge in [-0.2, -0.15) is 0 Å². The Balaban J connectivity index is 1.71. The first kappa shape index (κ1) is 16.5. The number of benzene rings is 2. The number of aromatic nitrogens is 4. The van der Waals surface area contributed by atoms with Crippen molar-refractivity contribution in [2.75, 3.05) is 12.3 Å². The number of imidazole rings is 1. The molecule has 0 bridgehead atoms. The first-order valence-electron chi connectivity index (χ1n) is 8.13. The van der Waals surface area contributed by atoms with Crippen LogP contribution in [0.2, 0.25) is 0 Å². The second-order valence-electron chi connectivity index (χ2n) is 5.71. The fourth-order valence-corrected chi connectivity index (χ4v) is 3.07. The predicted molar refractivity (Wildman–Crippen MR) is 104 cm³/mol. The lowest BCUT2D eigenvalue weighted by Crippen LogP contribution is -2.09.